The first-order chi connectivity index (χ1) is 9.08. The predicted octanol–water partition coefficient (Wildman–Crippen LogP) is 4.79. The van der Waals surface area contributed by atoms with Crippen LogP contribution in [0.4, 0.5) is 0 Å². The highest BCUT2D eigenvalue weighted by molar-refractivity contribution is 6.21. The van der Waals surface area contributed by atoms with Crippen LogP contribution >= 0.6 is 11.6 Å². The predicted molar refractivity (Wildman–Crippen MR) is 83.9 cm³/mol. The summed E-state index contributed by atoms with van der Waals surface area (Å²) >= 11 is 6.47. The third kappa shape index (κ3) is 3.97. The minimum absolute atomic E-state index is 0.327. The summed E-state index contributed by atoms with van der Waals surface area (Å²) in [4.78, 5) is 2.43. The quantitative estimate of drug-likeness (QED) is 0.716. The second-order valence-corrected chi connectivity index (χ2v) is 6.74. The molecule has 1 saturated carbocycles. The number of nitrogens with zero attached hydrogens (tertiary/aromatic N) is 1. The normalized spacial score (nSPS) is 24.1. The van der Waals surface area contributed by atoms with Crippen molar-refractivity contribution in [3.63, 3.8) is 0 Å². The Morgan fingerprint density at radius 3 is 2.37 bits per heavy atom. The van der Waals surface area contributed by atoms with Crippen LogP contribution in [0.25, 0.3) is 0 Å². The molecule has 1 fully saturated rings. The average molecular weight is 280 g/mol. The van der Waals surface area contributed by atoms with Crippen LogP contribution in [0.5, 0.6) is 0 Å². The maximum Gasteiger partial charge on any atom is 0.0491 e. The molecule has 1 aliphatic rings. The molecule has 19 heavy (non-hydrogen) atoms. The molecule has 1 nitrogen and oxygen atoms in total. The van der Waals surface area contributed by atoms with E-state index in [2.05, 4.69) is 50.1 Å². The first-order valence-electron chi connectivity index (χ1n) is 7.51. The van der Waals surface area contributed by atoms with Crippen LogP contribution in [-0.2, 0) is 6.54 Å². The SMILES string of the molecule is CC(C)c1ccc(CN(C)C2CCCCC2Cl)cc1. The van der Waals surface area contributed by atoms with E-state index >= 15 is 0 Å². The van der Waals surface area contributed by atoms with E-state index in [-0.39, 0.29) is 0 Å². The highest BCUT2D eigenvalue weighted by atomic mass is 35.5. The number of rotatable bonds is 4. The molecule has 0 heterocycles. The van der Waals surface area contributed by atoms with Gasteiger partial charge in [-0.2, -0.15) is 0 Å². The van der Waals surface area contributed by atoms with Gasteiger partial charge >= 0.3 is 0 Å². The second kappa shape index (κ2) is 6.76. The van der Waals surface area contributed by atoms with E-state index in [1.165, 1.54) is 36.8 Å². The van der Waals surface area contributed by atoms with Gasteiger partial charge < -0.3 is 0 Å². The summed E-state index contributed by atoms with van der Waals surface area (Å²) in [5, 5.41) is 0.327. The average Bonchev–Trinajstić information content (AvgIpc) is 2.39. The summed E-state index contributed by atoms with van der Waals surface area (Å²) < 4.78 is 0. The van der Waals surface area contributed by atoms with Crippen molar-refractivity contribution >= 4 is 11.6 Å². The van der Waals surface area contributed by atoms with Crippen molar-refractivity contribution in [2.24, 2.45) is 0 Å². The van der Waals surface area contributed by atoms with E-state index in [4.69, 9.17) is 11.6 Å². The Morgan fingerprint density at radius 1 is 1.16 bits per heavy atom. The van der Waals surface area contributed by atoms with E-state index in [0.29, 0.717) is 17.3 Å². The zero-order valence-corrected chi connectivity index (χ0v) is 13.2. The Balaban J connectivity index is 1.96. The van der Waals surface area contributed by atoms with Gasteiger partial charge in [0, 0.05) is 18.0 Å². The third-order valence-corrected chi connectivity index (χ3v) is 4.80. The Labute approximate surface area is 123 Å². The van der Waals surface area contributed by atoms with Gasteiger partial charge in [-0.15, -0.1) is 11.6 Å². The van der Waals surface area contributed by atoms with Crippen molar-refractivity contribution in [1.82, 2.24) is 4.90 Å². The molecule has 0 bridgehead atoms. The van der Waals surface area contributed by atoms with Gasteiger partial charge in [-0.3, -0.25) is 4.90 Å². The molecule has 0 amide bonds. The first-order valence-corrected chi connectivity index (χ1v) is 7.94. The molecule has 2 unspecified atom stereocenters. The largest absolute Gasteiger partial charge is 0.298 e. The summed E-state index contributed by atoms with van der Waals surface area (Å²) in [5.41, 5.74) is 2.81. The van der Waals surface area contributed by atoms with Crippen LogP contribution in [0.15, 0.2) is 24.3 Å². The Kier molecular flexibility index (Phi) is 5.29. The molecule has 0 N–H and O–H groups in total. The number of alkyl halides is 1. The van der Waals surface area contributed by atoms with Crippen LogP contribution in [-0.4, -0.2) is 23.4 Å². The molecule has 2 rings (SSSR count). The van der Waals surface area contributed by atoms with Gasteiger partial charge in [0.05, 0.1) is 0 Å². The number of benzene rings is 1. The first kappa shape index (κ1) is 14.9. The monoisotopic (exact) mass is 279 g/mol. The van der Waals surface area contributed by atoms with Crippen LogP contribution in [0, 0.1) is 0 Å². The van der Waals surface area contributed by atoms with Crippen LogP contribution in [0.1, 0.15) is 56.6 Å². The van der Waals surface area contributed by atoms with Crippen molar-refractivity contribution in [1.29, 1.82) is 0 Å². The molecule has 1 aromatic carbocycles. The zero-order chi connectivity index (χ0) is 13.8. The molecule has 0 spiro atoms. The highest BCUT2D eigenvalue weighted by Crippen LogP contribution is 2.27. The summed E-state index contributed by atoms with van der Waals surface area (Å²) in [6.07, 6.45) is 5.03. The van der Waals surface area contributed by atoms with Crippen molar-refractivity contribution < 1.29 is 0 Å². The minimum Gasteiger partial charge on any atom is -0.298 e. The highest BCUT2D eigenvalue weighted by Gasteiger charge is 2.26. The Hall–Kier alpha value is -0.530. The minimum atomic E-state index is 0.327. The fourth-order valence-corrected chi connectivity index (χ4v) is 3.45. The molecule has 0 aliphatic heterocycles. The van der Waals surface area contributed by atoms with Gasteiger partial charge in [0.15, 0.2) is 0 Å². The molecular weight excluding hydrogens is 254 g/mol. The van der Waals surface area contributed by atoms with Crippen molar-refractivity contribution in [3.8, 4) is 0 Å². The summed E-state index contributed by atoms with van der Waals surface area (Å²) in [6, 6.07) is 9.58. The standard InChI is InChI=1S/C17H26ClN/c1-13(2)15-10-8-14(9-11-15)12-19(3)17-7-5-4-6-16(17)18/h8-11,13,16-17H,4-7,12H2,1-3H3. The van der Waals surface area contributed by atoms with Gasteiger partial charge in [-0.1, -0.05) is 51.0 Å². The molecule has 0 aromatic heterocycles. The van der Waals surface area contributed by atoms with E-state index in [1.807, 2.05) is 0 Å². The molecule has 0 saturated heterocycles. The maximum atomic E-state index is 6.47. The molecule has 1 aromatic rings. The molecular formula is C17H26ClN. The zero-order valence-electron chi connectivity index (χ0n) is 12.4. The van der Waals surface area contributed by atoms with Gasteiger partial charge in [0.2, 0.25) is 0 Å². The lowest BCUT2D eigenvalue weighted by Gasteiger charge is -2.35. The fourth-order valence-electron chi connectivity index (χ4n) is 2.98. The molecule has 106 valence electrons. The summed E-state index contributed by atoms with van der Waals surface area (Å²) in [5.74, 6) is 0.609. The van der Waals surface area contributed by atoms with E-state index in [9.17, 15) is 0 Å². The van der Waals surface area contributed by atoms with E-state index < -0.39 is 0 Å². The molecule has 0 radical (unpaired) electrons. The van der Waals surface area contributed by atoms with E-state index in [1.54, 1.807) is 0 Å². The van der Waals surface area contributed by atoms with Gasteiger partial charge in [-0.05, 0) is 36.9 Å². The fraction of sp³-hybridized carbons (Fsp3) is 0.647. The van der Waals surface area contributed by atoms with Crippen LogP contribution < -0.4 is 0 Å². The molecule has 2 atom stereocenters. The summed E-state index contributed by atoms with van der Waals surface area (Å²) in [6.45, 7) is 5.48. The van der Waals surface area contributed by atoms with E-state index in [0.717, 1.165) is 6.54 Å². The molecule has 1 aliphatic carbocycles. The maximum absolute atomic E-state index is 6.47. The topological polar surface area (TPSA) is 3.24 Å². The van der Waals surface area contributed by atoms with Crippen molar-refractivity contribution in [2.75, 3.05) is 7.05 Å². The second-order valence-electron chi connectivity index (χ2n) is 6.18. The lowest BCUT2D eigenvalue weighted by atomic mass is 9.93. The van der Waals surface area contributed by atoms with Crippen molar-refractivity contribution in [3.05, 3.63) is 35.4 Å². The van der Waals surface area contributed by atoms with Gasteiger partial charge in [0.1, 0.15) is 0 Å². The Morgan fingerprint density at radius 2 is 1.79 bits per heavy atom. The van der Waals surface area contributed by atoms with Gasteiger partial charge in [-0.25, -0.2) is 0 Å². The number of hydrogen-bond donors (Lipinski definition) is 0. The van der Waals surface area contributed by atoms with Crippen LogP contribution in [0.3, 0.4) is 0 Å². The lowest BCUT2D eigenvalue weighted by molar-refractivity contribution is 0.188. The van der Waals surface area contributed by atoms with Crippen molar-refractivity contribution in [2.45, 2.75) is 63.4 Å². The van der Waals surface area contributed by atoms with Gasteiger partial charge in [0.25, 0.3) is 0 Å². The van der Waals surface area contributed by atoms with Crippen LogP contribution in [0.2, 0.25) is 0 Å². The third-order valence-electron chi connectivity index (χ3n) is 4.29. The number of hydrogen-bond acceptors (Lipinski definition) is 1. The number of halogens is 1. The summed E-state index contributed by atoms with van der Waals surface area (Å²) in [7, 11) is 2.21. The Bertz CT molecular complexity index is 385. The lowest BCUT2D eigenvalue weighted by Crippen LogP contribution is -2.40. The smallest absolute Gasteiger partial charge is 0.0491 e. The molecule has 2 heteroatoms.